The molecule has 2 aromatic carbocycles. The average Bonchev–Trinajstić information content (AvgIpc) is 2.88. The maximum absolute atomic E-state index is 10.9. The first-order valence-corrected chi connectivity index (χ1v) is 7.96. The molecule has 1 aromatic heterocycles. The van der Waals surface area contributed by atoms with Crippen LogP contribution >= 0.6 is 11.8 Å². The highest BCUT2D eigenvalue weighted by molar-refractivity contribution is 7.99. The first-order valence-electron chi connectivity index (χ1n) is 7.15. The predicted octanol–water partition coefficient (Wildman–Crippen LogP) is 3.51. The van der Waals surface area contributed by atoms with Crippen LogP contribution in [0.5, 0.6) is 0 Å². The van der Waals surface area contributed by atoms with Gasteiger partial charge < -0.3 is 0 Å². The molecule has 2 heterocycles. The maximum atomic E-state index is 10.9. The van der Waals surface area contributed by atoms with Crippen LogP contribution in [0.1, 0.15) is 11.1 Å². The Morgan fingerprint density at radius 3 is 2.67 bits per heavy atom. The zero-order valence-electron chi connectivity index (χ0n) is 12.6. The molecular weight excluding hydrogens is 326 g/mol. The molecule has 7 nitrogen and oxygen atoms in total. The van der Waals surface area contributed by atoms with Crippen LogP contribution in [-0.4, -0.2) is 26.0 Å². The number of aromatic nitrogens is 3. The largest absolute Gasteiger partial charge is 0.270 e. The van der Waals surface area contributed by atoms with Crippen molar-refractivity contribution in [2.45, 2.75) is 17.0 Å². The molecule has 4 rings (SSSR count). The number of hydrogen-bond donors (Lipinski definition) is 0. The van der Waals surface area contributed by atoms with Gasteiger partial charge in [0.15, 0.2) is 5.82 Å². The molecule has 0 amide bonds. The molecule has 1 aliphatic heterocycles. The first-order chi connectivity index (χ1) is 11.6. The number of non-ortho nitro benzene ring substituents is 1. The second-order valence-electron chi connectivity index (χ2n) is 5.31. The summed E-state index contributed by atoms with van der Waals surface area (Å²) in [6.45, 7) is 2.02. The van der Waals surface area contributed by atoms with Crippen LogP contribution in [0, 0.1) is 17.0 Å². The van der Waals surface area contributed by atoms with E-state index < -0.39 is 4.92 Å². The van der Waals surface area contributed by atoms with Crippen LogP contribution in [-0.2, 0) is 0 Å². The van der Waals surface area contributed by atoms with Gasteiger partial charge in [0.2, 0.25) is 5.16 Å². The summed E-state index contributed by atoms with van der Waals surface area (Å²) in [4.78, 5) is 11.4. The predicted molar refractivity (Wildman–Crippen MR) is 90.4 cm³/mol. The van der Waals surface area contributed by atoms with E-state index in [-0.39, 0.29) is 5.69 Å². The van der Waals surface area contributed by atoms with Gasteiger partial charge in [-0.05, 0) is 24.8 Å². The fourth-order valence-electron chi connectivity index (χ4n) is 2.38. The highest BCUT2D eigenvalue weighted by Crippen LogP contribution is 2.34. The quantitative estimate of drug-likeness (QED) is 0.413. The smallest absolute Gasteiger partial charge is 0.258 e. The Morgan fingerprint density at radius 1 is 1.12 bits per heavy atom. The molecule has 3 aromatic rings. The summed E-state index contributed by atoms with van der Waals surface area (Å²) in [5, 5.41) is 24.4. The summed E-state index contributed by atoms with van der Waals surface area (Å²) in [6.07, 6.45) is 1.60. The Morgan fingerprint density at radius 2 is 1.92 bits per heavy atom. The van der Waals surface area contributed by atoms with E-state index in [1.165, 1.54) is 23.9 Å². The lowest BCUT2D eigenvalue weighted by Gasteiger charge is -2.02. The molecule has 0 unspecified atom stereocenters. The molecule has 0 spiro atoms. The van der Waals surface area contributed by atoms with E-state index >= 15 is 0 Å². The fourth-order valence-corrected chi connectivity index (χ4v) is 3.24. The van der Waals surface area contributed by atoms with Gasteiger partial charge in [-0.1, -0.05) is 29.8 Å². The molecule has 1 aliphatic rings. The van der Waals surface area contributed by atoms with E-state index in [2.05, 4.69) is 15.3 Å². The SMILES string of the molecule is Cc1ccc(-c2nnc3n2N=Cc2cc([N+](=O)[O-])ccc2S3)cc1. The molecule has 0 radical (unpaired) electrons. The monoisotopic (exact) mass is 337 g/mol. The summed E-state index contributed by atoms with van der Waals surface area (Å²) in [5.41, 5.74) is 2.80. The molecule has 8 heteroatoms. The third-order valence-corrected chi connectivity index (χ3v) is 4.67. The van der Waals surface area contributed by atoms with Crippen molar-refractivity contribution in [2.75, 3.05) is 0 Å². The van der Waals surface area contributed by atoms with Crippen molar-refractivity contribution in [1.29, 1.82) is 0 Å². The van der Waals surface area contributed by atoms with Gasteiger partial charge in [0.25, 0.3) is 5.69 Å². The van der Waals surface area contributed by atoms with E-state index in [0.717, 1.165) is 16.0 Å². The normalized spacial score (nSPS) is 12.4. The number of nitro groups is 1. The topological polar surface area (TPSA) is 86.2 Å². The number of fused-ring (bicyclic) bond motifs is 2. The molecule has 0 fully saturated rings. The zero-order valence-corrected chi connectivity index (χ0v) is 13.4. The summed E-state index contributed by atoms with van der Waals surface area (Å²) in [5.74, 6) is 0.635. The fraction of sp³-hybridized carbons (Fsp3) is 0.0625. The molecular formula is C16H11N5O2S. The Kier molecular flexibility index (Phi) is 3.39. The third kappa shape index (κ3) is 2.46. The van der Waals surface area contributed by atoms with Crippen molar-refractivity contribution in [2.24, 2.45) is 5.10 Å². The summed E-state index contributed by atoms with van der Waals surface area (Å²) in [7, 11) is 0. The van der Waals surface area contributed by atoms with E-state index in [0.29, 0.717) is 16.5 Å². The van der Waals surface area contributed by atoms with Gasteiger partial charge in [-0.3, -0.25) is 10.1 Å². The van der Waals surface area contributed by atoms with Gasteiger partial charge in [-0.25, -0.2) is 0 Å². The van der Waals surface area contributed by atoms with E-state index in [4.69, 9.17) is 0 Å². The Balaban J connectivity index is 1.79. The minimum atomic E-state index is -0.415. The average molecular weight is 337 g/mol. The molecule has 0 saturated heterocycles. The summed E-state index contributed by atoms with van der Waals surface area (Å²) < 4.78 is 1.65. The van der Waals surface area contributed by atoms with Crippen LogP contribution in [0.25, 0.3) is 11.4 Å². The van der Waals surface area contributed by atoms with Crippen molar-refractivity contribution < 1.29 is 4.92 Å². The van der Waals surface area contributed by atoms with Crippen molar-refractivity contribution in [3.05, 3.63) is 63.7 Å². The number of benzene rings is 2. The third-order valence-electron chi connectivity index (χ3n) is 3.64. The molecule has 24 heavy (non-hydrogen) atoms. The molecule has 0 aliphatic carbocycles. The lowest BCUT2D eigenvalue weighted by Crippen LogP contribution is -1.94. The van der Waals surface area contributed by atoms with Crippen molar-refractivity contribution in [3.8, 4) is 11.4 Å². The van der Waals surface area contributed by atoms with Crippen LogP contribution in [0.4, 0.5) is 5.69 Å². The molecule has 0 N–H and O–H groups in total. The zero-order chi connectivity index (χ0) is 16.7. The second-order valence-corrected chi connectivity index (χ2v) is 6.32. The van der Waals surface area contributed by atoms with Gasteiger partial charge in [-0.15, -0.1) is 10.2 Å². The second kappa shape index (κ2) is 5.57. The van der Waals surface area contributed by atoms with Gasteiger partial charge in [-0.2, -0.15) is 9.78 Å². The van der Waals surface area contributed by atoms with E-state index in [1.54, 1.807) is 17.0 Å². The lowest BCUT2D eigenvalue weighted by molar-refractivity contribution is -0.384. The summed E-state index contributed by atoms with van der Waals surface area (Å²) in [6, 6.07) is 12.6. The van der Waals surface area contributed by atoms with Crippen LogP contribution < -0.4 is 0 Å². The lowest BCUT2D eigenvalue weighted by atomic mass is 10.1. The number of nitro benzene ring substituents is 1. The summed E-state index contributed by atoms with van der Waals surface area (Å²) >= 11 is 1.38. The van der Waals surface area contributed by atoms with Crippen LogP contribution in [0.3, 0.4) is 0 Å². The van der Waals surface area contributed by atoms with Crippen LogP contribution in [0.2, 0.25) is 0 Å². The number of rotatable bonds is 2. The van der Waals surface area contributed by atoms with Gasteiger partial charge in [0.1, 0.15) is 0 Å². The first kappa shape index (κ1) is 14.6. The molecule has 0 bridgehead atoms. The van der Waals surface area contributed by atoms with Gasteiger partial charge >= 0.3 is 0 Å². The number of nitrogens with zero attached hydrogens (tertiary/aromatic N) is 5. The Bertz CT molecular complexity index is 979. The Hall–Kier alpha value is -3.00. The number of hydrogen-bond acceptors (Lipinski definition) is 6. The highest BCUT2D eigenvalue weighted by Gasteiger charge is 2.20. The van der Waals surface area contributed by atoms with Crippen molar-refractivity contribution in [1.82, 2.24) is 14.9 Å². The van der Waals surface area contributed by atoms with Crippen molar-refractivity contribution in [3.63, 3.8) is 0 Å². The Labute approximate surface area is 141 Å². The standard InChI is InChI=1S/C16H11N5O2S/c1-10-2-4-11(5-3-10)15-18-19-16-20(15)17-9-12-8-13(21(22)23)6-7-14(12)24-16/h2-9H,1H3. The minimum Gasteiger partial charge on any atom is -0.258 e. The molecule has 0 atom stereocenters. The molecule has 0 saturated carbocycles. The van der Waals surface area contributed by atoms with E-state index in [1.807, 2.05) is 31.2 Å². The van der Waals surface area contributed by atoms with Gasteiger partial charge in [0.05, 0.1) is 11.1 Å². The number of aryl methyl sites for hydroxylation is 1. The molecule has 118 valence electrons. The van der Waals surface area contributed by atoms with E-state index in [9.17, 15) is 10.1 Å². The highest BCUT2D eigenvalue weighted by atomic mass is 32.2. The maximum Gasteiger partial charge on any atom is 0.270 e. The minimum absolute atomic E-state index is 0.0391. The van der Waals surface area contributed by atoms with Gasteiger partial charge in [0, 0.05) is 28.2 Å². The van der Waals surface area contributed by atoms with Crippen LogP contribution in [0.15, 0.2) is 57.6 Å². The van der Waals surface area contributed by atoms with Crippen molar-refractivity contribution >= 4 is 23.7 Å².